The van der Waals surface area contributed by atoms with Gasteiger partial charge in [-0.15, -0.1) is 10.2 Å². The van der Waals surface area contributed by atoms with Crippen LogP contribution in [-0.2, 0) is 16.1 Å². The molecule has 178 valence electrons. The predicted octanol–water partition coefficient (Wildman–Crippen LogP) is 4.31. The first-order chi connectivity index (χ1) is 16.2. The number of hydrogen-bond donors (Lipinski definition) is 0. The molecule has 1 aromatic heterocycles. The van der Waals surface area contributed by atoms with Crippen molar-refractivity contribution in [2.24, 2.45) is 0 Å². The molecule has 0 radical (unpaired) electrons. The maximum atomic E-state index is 15.4. The van der Waals surface area contributed by atoms with Crippen LogP contribution in [-0.4, -0.2) is 45.7 Å². The molecule has 0 bridgehead atoms. The molecule has 11 heteroatoms. The highest BCUT2D eigenvalue weighted by atomic mass is 19.3. The van der Waals surface area contributed by atoms with E-state index in [9.17, 15) is 22.8 Å². The number of anilines is 1. The Balaban J connectivity index is 1.59. The Kier molecular flexibility index (Phi) is 6.36. The fraction of sp³-hybridized carbons (Fsp3) is 0.304. The van der Waals surface area contributed by atoms with Gasteiger partial charge in [0.2, 0.25) is 17.5 Å². The van der Waals surface area contributed by atoms with E-state index in [1.165, 1.54) is 17.0 Å². The monoisotopic (exact) mass is 476 g/mol. The number of aromatic nitrogens is 2. The second-order valence-corrected chi connectivity index (χ2v) is 7.85. The van der Waals surface area contributed by atoms with Crippen LogP contribution < -0.4 is 4.90 Å². The molecule has 7 nitrogen and oxygen atoms in total. The number of benzene rings is 2. The van der Waals surface area contributed by atoms with Crippen molar-refractivity contribution in [3.63, 3.8) is 0 Å². The van der Waals surface area contributed by atoms with Gasteiger partial charge in [-0.3, -0.25) is 9.59 Å². The van der Waals surface area contributed by atoms with Gasteiger partial charge in [-0.2, -0.15) is 8.78 Å². The minimum absolute atomic E-state index is 0.0546. The zero-order valence-electron chi connectivity index (χ0n) is 18.1. The molecule has 0 atom stereocenters. The lowest BCUT2D eigenvalue weighted by Gasteiger charge is -2.45. The first-order valence-corrected chi connectivity index (χ1v) is 10.5. The summed E-state index contributed by atoms with van der Waals surface area (Å²) in [5, 5.41) is 6.70. The largest absolute Gasteiger partial charge is 0.415 e. The van der Waals surface area contributed by atoms with Crippen molar-refractivity contribution in [1.29, 1.82) is 0 Å². The number of carbonyl (C=O) groups is 2. The Morgan fingerprint density at radius 2 is 1.85 bits per heavy atom. The molecule has 2 aromatic carbocycles. The van der Waals surface area contributed by atoms with Crippen LogP contribution >= 0.6 is 0 Å². The summed E-state index contributed by atoms with van der Waals surface area (Å²) in [6.45, 7) is 0.613. The van der Waals surface area contributed by atoms with Crippen LogP contribution in [0.5, 0.6) is 0 Å². The van der Waals surface area contributed by atoms with Gasteiger partial charge in [0.15, 0.2) is 0 Å². The fourth-order valence-electron chi connectivity index (χ4n) is 3.64. The quantitative estimate of drug-likeness (QED) is 0.475. The minimum atomic E-state index is -2.96. The van der Waals surface area contributed by atoms with Crippen LogP contribution in [0.25, 0.3) is 11.5 Å². The average molecular weight is 476 g/mol. The van der Waals surface area contributed by atoms with Gasteiger partial charge in [-0.05, 0) is 24.3 Å². The first kappa shape index (κ1) is 23.4. The summed E-state index contributed by atoms with van der Waals surface area (Å²) in [7, 11) is 0. The summed E-state index contributed by atoms with van der Waals surface area (Å²) in [5.74, 6) is -3.09. The van der Waals surface area contributed by atoms with Crippen LogP contribution in [0.2, 0.25) is 0 Å². The molecule has 1 saturated heterocycles. The van der Waals surface area contributed by atoms with Crippen LogP contribution in [0.4, 0.5) is 23.2 Å². The number of halogens is 4. The van der Waals surface area contributed by atoms with E-state index in [4.69, 9.17) is 4.42 Å². The minimum Gasteiger partial charge on any atom is -0.415 e. The molecule has 0 N–H and O–H groups in total. The number of likely N-dealkylation sites (tertiary alicyclic amines) is 1. The number of nitrogens with zero attached hydrogens (tertiary/aromatic N) is 4. The van der Waals surface area contributed by atoms with E-state index >= 15 is 4.39 Å². The lowest BCUT2D eigenvalue weighted by atomic mass is 9.93. The Morgan fingerprint density at radius 3 is 2.44 bits per heavy atom. The Hall–Kier alpha value is -3.76. The van der Waals surface area contributed by atoms with E-state index < -0.39 is 29.7 Å². The molecule has 1 fully saturated rings. The third kappa shape index (κ3) is 4.50. The molecule has 0 spiro atoms. The van der Waals surface area contributed by atoms with E-state index in [1.54, 1.807) is 37.3 Å². The highest BCUT2D eigenvalue weighted by molar-refractivity contribution is 6.01. The molecule has 2 heterocycles. The lowest BCUT2D eigenvalue weighted by Crippen LogP contribution is -2.67. The van der Waals surface area contributed by atoms with E-state index in [2.05, 4.69) is 10.2 Å². The summed E-state index contributed by atoms with van der Waals surface area (Å²) in [6.07, 6.45) is -2.76. The second kappa shape index (κ2) is 9.24. The van der Waals surface area contributed by atoms with Crippen molar-refractivity contribution >= 4 is 17.5 Å². The normalized spacial score (nSPS) is 14.7. The van der Waals surface area contributed by atoms with Crippen molar-refractivity contribution in [2.45, 2.75) is 32.0 Å². The van der Waals surface area contributed by atoms with Crippen molar-refractivity contribution in [1.82, 2.24) is 15.1 Å². The maximum absolute atomic E-state index is 15.4. The molecule has 3 aromatic rings. The first-order valence-electron chi connectivity index (χ1n) is 10.5. The summed E-state index contributed by atoms with van der Waals surface area (Å²) in [6, 6.07) is 11.9. The van der Waals surface area contributed by atoms with Crippen molar-refractivity contribution in [2.75, 3.05) is 18.0 Å². The number of rotatable bonds is 7. The van der Waals surface area contributed by atoms with E-state index in [1.807, 2.05) is 0 Å². The highest BCUT2D eigenvalue weighted by Crippen LogP contribution is 2.32. The number of amides is 2. The van der Waals surface area contributed by atoms with Crippen LogP contribution in [0.3, 0.4) is 0 Å². The molecule has 4 rings (SSSR count). The number of para-hydroxylation sites is 1. The summed E-state index contributed by atoms with van der Waals surface area (Å²) < 4.78 is 60.5. The van der Waals surface area contributed by atoms with Gasteiger partial charge in [-0.1, -0.05) is 31.2 Å². The average Bonchev–Trinajstić information content (AvgIpc) is 3.31. The molecule has 0 aliphatic carbocycles. The smallest absolute Gasteiger partial charge is 0.314 e. The number of carbonyl (C=O) groups excluding carboxylic acids is 2. The van der Waals surface area contributed by atoms with Crippen LogP contribution in [0.1, 0.15) is 31.2 Å². The molecule has 2 amide bonds. The summed E-state index contributed by atoms with van der Waals surface area (Å²) >= 11 is 0. The molecule has 34 heavy (non-hydrogen) atoms. The third-order valence-electron chi connectivity index (χ3n) is 5.49. The van der Waals surface area contributed by atoms with Crippen molar-refractivity contribution in [3.05, 3.63) is 65.8 Å². The lowest BCUT2D eigenvalue weighted by molar-refractivity contribution is -0.154. The molecular formula is C23H20F4N4O3. The van der Waals surface area contributed by atoms with E-state index in [0.717, 1.165) is 11.0 Å². The highest BCUT2D eigenvalue weighted by Gasteiger charge is 2.53. The molecular weight excluding hydrogens is 456 g/mol. The van der Waals surface area contributed by atoms with E-state index in [0.29, 0.717) is 5.69 Å². The van der Waals surface area contributed by atoms with E-state index in [-0.39, 0.29) is 49.0 Å². The Labute approximate surface area is 192 Å². The van der Waals surface area contributed by atoms with Crippen molar-refractivity contribution < 1.29 is 31.6 Å². The van der Waals surface area contributed by atoms with Crippen LogP contribution in [0, 0.1) is 5.82 Å². The predicted molar refractivity (Wildman–Crippen MR) is 113 cm³/mol. The Bertz CT molecular complexity index is 1200. The molecule has 0 unspecified atom stereocenters. The van der Waals surface area contributed by atoms with Gasteiger partial charge in [0.05, 0.1) is 19.6 Å². The van der Waals surface area contributed by atoms with Gasteiger partial charge in [0.1, 0.15) is 5.82 Å². The van der Waals surface area contributed by atoms with Gasteiger partial charge in [0.25, 0.3) is 11.8 Å². The zero-order valence-corrected chi connectivity index (χ0v) is 18.1. The zero-order chi connectivity index (χ0) is 24.5. The number of alkyl halides is 3. The topological polar surface area (TPSA) is 79.5 Å². The van der Waals surface area contributed by atoms with Gasteiger partial charge in [-0.25, -0.2) is 8.78 Å². The van der Waals surface area contributed by atoms with Crippen LogP contribution in [0.15, 0.2) is 52.9 Å². The van der Waals surface area contributed by atoms with Gasteiger partial charge >= 0.3 is 6.43 Å². The van der Waals surface area contributed by atoms with Gasteiger partial charge < -0.3 is 14.2 Å². The number of hydrogen-bond acceptors (Lipinski definition) is 5. The molecule has 1 aliphatic rings. The van der Waals surface area contributed by atoms with Crippen molar-refractivity contribution in [3.8, 4) is 11.5 Å². The SMILES string of the molecule is CCC(=O)N1CC(F)(C(=O)N(Cc2ccc(-c3nnc(C(F)F)o3)cc2F)c2ccccc2)C1. The molecule has 1 aliphatic heterocycles. The van der Waals surface area contributed by atoms with Gasteiger partial charge in [0, 0.05) is 23.2 Å². The summed E-state index contributed by atoms with van der Waals surface area (Å²) in [5.41, 5.74) is -1.80. The molecule has 0 saturated carbocycles. The third-order valence-corrected chi connectivity index (χ3v) is 5.49. The second-order valence-electron chi connectivity index (χ2n) is 7.85. The standard InChI is InChI=1S/C23H20F4N4O3/c1-2-18(32)30-12-23(27,13-30)22(33)31(16-6-4-3-5-7-16)11-15-9-8-14(10-17(15)24)20-28-29-21(34-20)19(25)26/h3-10,19H,2,11-13H2,1H3. The Morgan fingerprint density at radius 1 is 1.15 bits per heavy atom. The maximum Gasteiger partial charge on any atom is 0.314 e. The fourth-order valence-corrected chi connectivity index (χ4v) is 3.64. The summed E-state index contributed by atoms with van der Waals surface area (Å²) in [4.78, 5) is 27.3.